The molecular formula is C7H8N6O. The van der Waals surface area contributed by atoms with E-state index in [-0.39, 0.29) is 12.5 Å². The zero-order valence-electron chi connectivity index (χ0n) is 7.32. The number of H-pyrrole nitrogens is 1. The van der Waals surface area contributed by atoms with Gasteiger partial charge in [0, 0.05) is 0 Å². The van der Waals surface area contributed by atoms with Gasteiger partial charge in [0.15, 0.2) is 5.82 Å². The maximum Gasteiger partial charge on any atom is 0.240 e. The monoisotopic (exact) mass is 192 g/mol. The lowest BCUT2D eigenvalue weighted by molar-refractivity contribution is -0.124. The molecule has 1 saturated carbocycles. The molecule has 0 unspecified atom stereocenters. The number of amides is 1. The minimum Gasteiger partial charge on any atom is -0.347 e. The van der Waals surface area contributed by atoms with Crippen LogP contribution in [0.5, 0.6) is 0 Å². The highest BCUT2D eigenvalue weighted by Gasteiger charge is 2.50. The topological polar surface area (TPSA) is 107 Å². The molecule has 0 aromatic carbocycles. The number of tetrazole rings is 1. The first-order chi connectivity index (χ1) is 6.77. The van der Waals surface area contributed by atoms with E-state index in [0.717, 1.165) is 0 Å². The highest BCUT2D eigenvalue weighted by Crippen LogP contribution is 2.44. The number of hydrogen-bond acceptors (Lipinski definition) is 5. The van der Waals surface area contributed by atoms with Gasteiger partial charge in [0.25, 0.3) is 0 Å². The van der Waals surface area contributed by atoms with Gasteiger partial charge in [0.2, 0.25) is 5.91 Å². The summed E-state index contributed by atoms with van der Waals surface area (Å²) in [7, 11) is 0. The molecule has 7 heteroatoms. The van der Waals surface area contributed by atoms with Crippen molar-refractivity contribution in [2.45, 2.75) is 19.4 Å². The Morgan fingerprint density at radius 1 is 1.71 bits per heavy atom. The van der Waals surface area contributed by atoms with Crippen LogP contribution in [0, 0.1) is 16.7 Å². The number of carbonyl (C=O) groups excluding carboxylic acids is 1. The van der Waals surface area contributed by atoms with Crippen LogP contribution in [0.4, 0.5) is 0 Å². The predicted octanol–water partition coefficient (Wildman–Crippen LogP) is -0.880. The molecule has 14 heavy (non-hydrogen) atoms. The van der Waals surface area contributed by atoms with Gasteiger partial charge in [0.05, 0.1) is 12.6 Å². The van der Waals surface area contributed by atoms with E-state index in [2.05, 4.69) is 25.9 Å². The van der Waals surface area contributed by atoms with Gasteiger partial charge < -0.3 is 5.32 Å². The molecule has 2 N–H and O–H groups in total. The van der Waals surface area contributed by atoms with Gasteiger partial charge in [-0.05, 0) is 12.8 Å². The fourth-order valence-corrected chi connectivity index (χ4v) is 1.10. The first-order valence-electron chi connectivity index (χ1n) is 4.19. The van der Waals surface area contributed by atoms with E-state index >= 15 is 0 Å². The van der Waals surface area contributed by atoms with E-state index < -0.39 is 5.41 Å². The van der Waals surface area contributed by atoms with Crippen LogP contribution >= 0.6 is 0 Å². The van der Waals surface area contributed by atoms with Crippen LogP contribution in [-0.2, 0) is 11.3 Å². The molecule has 1 aromatic heterocycles. The molecule has 0 atom stereocenters. The number of carbonyl (C=O) groups is 1. The van der Waals surface area contributed by atoms with Gasteiger partial charge in [-0.2, -0.15) is 10.5 Å². The Hall–Kier alpha value is -1.97. The highest BCUT2D eigenvalue weighted by atomic mass is 16.2. The summed E-state index contributed by atoms with van der Waals surface area (Å²) >= 11 is 0. The van der Waals surface area contributed by atoms with Crippen LogP contribution in [0.15, 0.2) is 0 Å². The number of aromatic nitrogens is 4. The molecule has 0 aliphatic heterocycles. The van der Waals surface area contributed by atoms with E-state index in [1.807, 2.05) is 6.07 Å². The van der Waals surface area contributed by atoms with E-state index in [1.165, 1.54) is 0 Å². The van der Waals surface area contributed by atoms with Crippen molar-refractivity contribution in [2.24, 2.45) is 5.41 Å². The lowest BCUT2D eigenvalue weighted by Gasteiger charge is -2.04. The highest BCUT2D eigenvalue weighted by molar-refractivity contribution is 5.88. The molecule has 0 bridgehead atoms. The summed E-state index contributed by atoms with van der Waals surface area (Å²) in [5.74, 6) is 0.164. The van der Waals surface area contributed by atoms with Gasteiger partial charge in [-0.25, -0.2) is 0 Å². The Labute approximate surface area is 79.5 Å². The second-order valence-electron chi connectivity index (χ2n) is 3.20. The SMILES string of the molecule is N#CC1(C(=O)NCc2nn[nH]n2)CC1. The lowest BCUT2D eigenvalue weighted by atomic mass is 10.1. The second-order valence-corrected chi connectivity index (χ2v) is 3.20. The number of nitriles is 1. The molecule has 1 aromatic rings. The Balaban J connectivity index is 1.88. The largest absolute Gasteiger partial charge is 0.347 e. The maximum atomic E-state index is 11.4. The summed E-state index contributed by atoms with van der Waals surface area (Å²) in [5, 5.41) is 24.3. The van der Waals surface area contributed by atoms with Crippen molar-refractivity contribution in [1.82, 2.24) is 25.9 Å². The third-order valence-electron chi connectivity index (χ3n) is 2.19. The predicted molar refractivity (Wildman–Crippen MR) is 43.3 cm³/mol. The molecule has 2 rings (SSSR count). The number of nitrogens with one attached hydrogen (secondary N) is 2. The Morgan fingerprint density at radius 2 is 2.50 bits per heavy atom. The van der Waals surface area contributed by atoms with Gasteiger partial charge in [-0.1, -0.05) is 5.21 Å². The normalized spacial score (nSPS) is 17.1. The van der Waals surface area contributed by atoms with E-state index in [4.69, 9.17) is 5.26 Å². The molecule has 7 nitrogen and oxygen atoms in total. The number of rotatable bonds is 3. The molecule has 1 amide bonds. The molecule has 1 aliphatic carbocycles. The van der Waals surface area contributed by atoms with Crippen LogP contribution in [0.2, 0.25) is 0 Å². The third-order valence-corrected chi connectivity index (χ3v) is 2.19. The quantitative estimate of drug-likeness (QED) is 0.646. The summed E-state index contributed by atoms with van der Waals surface area (Å²) in [6, 6.07) is 2.01. The van der Waals surface area contributed by atoms with Crippen LogP contribution < -0.4 is 5.32 Å². The summed E-state index contributed by atoms with van der Waals surface area (Å²) in [6.45, 7) is 0.207. The molecule has 72 valence electrons. The standard InChI is InChI=1S/C7H8N6O/c8-4-7(1-2-7)6(14)9-3-5-10-12-13-11-5/h1-3H2,(H,9,14)(H,10,11,12,13). The van der Waals surface area contributed by atoms with Crippen LogP contribution in [0.3, 0.4) is 0 Å². The van der Waals surface area contributed by atoms with E-state index in [9.17, 15) is 4.79 Å². The van der Waals surface area contributed by atoms with Crippen molar-refractivity contribution < 1.29 is 4.79 Å². The second kappa shape index (κ2) is 3.06. The molecule has 0 radical (unpaired) electrons. The van der Waals surface area contributed by atoms with Gasteiger partial charge >= 0.3 is 0 Å². The Morgan fingerprint density at radius 3 is 3.00 bits per heavy atom. The molecular weight excluding hydrogens is 184 g/mol. The van der Waals surface area contributed by atoms with Crippen molar-refractivity contribution in [3.05, 3.63) is 5.82 Å². The number of hydrogen-bond donors (Lipinski definition) is 2. The summed E-state index contributed by atoms with van der Waals surface area (Å²) in [6.07, 6.45) is 1.28. The summed E-state index contributed by atoms with van der Waals surface area (Å²) in [5.41, 5.74) is -0.788. The first-order valence-corrected chi connectivity index (χ1v) is 4.19. The molecule has 1 fully saturated rings. The van der Waals surface area contributed by atoms with Crippen LogP contribution in [-0.4, -0.2) is 26.5 Å². The zero-order chi connectivity index (χ0) is 10.0. The fourth-order valence-electron chi connectivity index (χ4n) is 1.10. The molecule has 1 heterocycles. The van der Waals surface area contributed by atoms with Crippen molar-refractivity contribution >= 4 is 5.91 Å². The zero-order valence-corrected chi connectivity index (χ0v) is 7.32. The minimum atomic E-state index is -0.788. The van der Waals surface area contributed by atoms with Crippen molar-refractivity contribution in [3.8, 4) is 6.07 Å². The Kier molecular flexibility index (Phi) is 1.89. The summed E-state index contributed by atoms with van der Waals surface area (Å²) < 4.78 is 0. The number of aromatic amines is 1. The van der Waals surface area contributed by atoms with E-state index in [0.29, 0.717) is 18.7 Å². The van der Waals surface area contributed by atoms with Gasteiger partial charge in [-0.15, -0.1) is 10.2 Å². The smallest absolute Gasteiger partial charge is 0.240 e. The van der Waals surface area contributed by atoms with Crippen molar-refractivity contribution in [2.75, 3.05) is 0 Å². The Bertz CT molecular complexity index is 373. The number of nitrogens with zero attached hydrogens (tertiary/aromatic N) is 4. The van der Waals surface area contributed by atoms with E-state index in [1.54, 1.807) is 0 Å². The first kappa shape index (κ1) is 8.62. The average Bonchev–Trinajstić information content (AvgIpc) is 2.84. The van der Waals surface area contributed by atoms with Crippen LogP contribution in [0.1, 0.15) is 18.7 Å². The van der Waals surface area contributed by atoms with Crippen molar-refractivity contribution in [1.29, 1.82) is 5.26 Å². The van der Waals surface area contributed by atoms with Gasteiger partial charge in [0.1, 0.15) is 5.41 Å². The molecule has 0 spiro atoms. The fraction of sp³-hybridized carbons (Fsp3) is 0.571. The molecule has 1 aliphatic rings. The minimum absolute atomic E-state index is 0.207. The lowest BCUT2D eigenvalue weighted by Crippen LogP contribution is -2.31. The van der Waals surface area contributed by atoms with Crippen molar-refractivity contribution in [3.63, 3.8) is 0 Å². The average molecular weight is 192 g/mol. The van der Waals surface area contributed by atoms with Crippen LogP contribution in [0.25, 0.3) is 0 Å². The van der Waals surface area contributed by atoms with Gasteiger partial charge in [-0.3, -0.25) is 4.79 Å². The maximum absolute atomic E-state index is 11.4. The third kappa shape index (κ3) is 1.42. The molecule has 0 saturated heterocycles. The summed E-state index contributed by atoms with van der Waals surface area (Å²) in [4.78, 5) is 11.4.